The van der Waals surface area contributed by atoms with Gasteiger partial charge in [-0.2, -0.15) is 0 Å². The van der Waals surface area contributed by atoms with Crippen LogP contribution in [-0.4, -0.2) is 54.9 Å². The minimum Gasteiger partial charge on any atom is -0.459 e. The quantitative estimate of drug-likeness (QED) is 0.708. The van der Waals surface area contributed by atoms with E-state index < -0.39 is 17.4 Å². The smallest absolute Gasteiger partial charge is 0.459 e. The van der Waals surface area contributed by atoms with Crippen molar-refractivity contribution in [3.05, 3.63) is 0 Å². The van der Waals surface area contributed by atoms with Crippen LogP contribution in [0.5, 0.6) is 0 Å². The molecule has 7 heteroatoms. The van der Waals surface area contributed by atoms with Crippen LogP contribution in [0, 0.1) is 0 Å². The average Bonchev–Trinajstić information content (AvgIpc) is 3.01. The summed E-state index contributed by atoms with van der Waals surface area (Å²) in [4.78, 5) is 22.3. The van der Waals surface area contributed by atoms with Gasteiger partial charge in [0.15, 0.2) is 5.60 Å². The van der Waals surface area contributed by atoms with Gasteiger partial charge in [0, 0.05) is 19.8 Å². The summed E-state index contributed by atoms with van der Waals surface area (Å²) >= 11 is 0. The van der Waals surface area contributed by atoms with Crippen molar-refractivity contribution in [3.8, 4) is 0 Å². The molecule has 3 aliphatic rings. The van der Waals surface area contributed by atoms with E-state index in [0.717, 1.165) is 0 Å². The molecule has 0 amide bonds. The fourth-order valence-corrected chi connectivity index (χ4v) is 3.21. The Morgan fingerprint density at radius 3 is 2.67 bits per heavy atom. The van der Waals surface area contributed by atoms with Crippen LogP contribution in [0.4, 0.5) is 4.79 Å². The monoisotopic (exact) mass is 300 g/mol. The van der Waals surface area contributed by atoms with E-state index in [1.807, 2.05) is 13.8 Å². The highest BCUT2D eigenvalue weighted by atomic mass is 16.8. The topological polar surface area (TPSA) is 80.3 Å². The largest absolute Gasteiger partial charge is 0.509 e. The van der Waals surface area contributed by atoms with Gasteiger partial charge in [-0.15, -0.1) is 0 Å². The summed E-state index contributed by atoms with van der Waals surface area (Å²) in [6, 6.07) is 0. The molecule has 3 heterocycles. The molecule has 4 atom stereocenters. The van der Waals surface area contributed by atoms with Crippen molar-refractivity contribution >= 4 is 12.1 Å². The zero-order valence-electron chi connectivity index (χ0n) is 12.4. The van der Waals surface area contributed by atoms with Crippen LogP contribution < -0.4 is 0 Å². The van der Waals surface area contributed by atoms with Crippen LogP contribution in [-0.2, 0) is 28.5 Å². The first kappa shape index (κ1) is 14.6. The molecule has 7 nitrogen and oxygen atoms in total. The van der Waals surface area contributed by atoms with Gasteiger partial charge in [-0.3, -0.25) is 4.79 Å². The average molecular weight is 300 g/mol. The maximum atomic E-state index is 11.2. The number of ether oxygens (including phenoxy) is 5. The van der Waals surface area contributed by atoms with Gasteiger partial charge in [-0.1, -0.05) is 0 Å². The molecule has 21 heavy (non-hydrogen) atoms. The molecule has 0 aromatic carbocycles. The summed E-state index contributed by atoms with van der Waals surface area (Å²) in [5, 5.41) is 0. The zero-order valence-corrected chi connectivity index (χ0v) is 12.4. The first-order valence-corrected chi connectivity index (χ1v) is 7.12. The van der Waals surface area contributed by atoms with Crippen molar-refractivity contribution in [1.29, 1.82) is 0 Å². The second-order valence-electron chi connectivity index (χ2n) is 6.47. The Morgan fingerprint density at radius 1 is 1.29 bits per heavy atom. The lowest BCUT2D eigenvalue weighted by molar-refractivity contribution is -0.155. The lowest BCUT2D eigenvalue weighted by Gasteiger charge is -2.26. The fourth-order valence-electron chi connectivity index (χ4n) is 3.21. The van der Waals surface area contributed by atoms with E-state index in [1.165, 1.54) is 6.92 Å². The van der Waals surface area contributed by atoms with E-state index in [4.69, 9.17) is 23.7 Å². The molecule has 3 rings (SSSR count). The Bertz CT molecular complexity index is 460. The first-order chi connectivity index (χ1) is 9.80. The number of rotatable bonds is 2. The van der Waals surface area contributed by atoms with Gasteiger partial charge in [0.2, 0.25) is 0 Å². The zero-order chi connectivity index (χ0) is 15.3. The third kappa shape index (κ3) is 2.72. The fraction of sp³-hybridized carbons (Fsp3) is 0.857. The van der Waals surface area contributed by atoms with Crippen LogP contribution in [0.25, 0.3) is 0 Å². The van der Waals surface area contributed by atoms with Crippen molar-refractivity contribution < 1.29 is 33.3 Å². The summed E-state index contributed by atoms with van der Waals surface area (Å²) in [5.74, 6) is -0.320. The minimum absolute atomic E-state index is 0.192. The molecule has 0 unspecified atom stereocenters. The molecule has 0 bridgehead atoms. The van der Waals surface area contributed by atoms with Crippen LogP contribution in [0.1, 0.15) is 33.6 Å². The molecule has 0 N–H and O–H groups in total. The SMILES string of the molecule is CC(=O)O[C@@H]1C[C@H]([C@@H]2C[C@]3(COC(=O)O3)CO2)OC1(C)C. The van der Waals surface area contributed by atoms with Crippen molar-refractivity contribution in [2.45, 2.75) is 63.1 Å². The van der Waals surface area contributed by atoms with Gasteiger partial charge in [0.1, 0.15) is 18.3 Å². The first-order valence-electron chi connectivity index (χ1n) is 7.12. The van der Waals surface area contributed by atoms with E-state index in [1.54, 1.807) is 0 Å². The number of hydrogen-bond donors (Lipinski definition) is 0. The summed E-state index contributed by atoms with van der Waals surface area (Å²) in [6.07, 6.45) is -0.233. The van der Waals surface area contributed by atoms with Crippen LogP contribution >= 0.6 is 0 Å². The molecule has 0 radical (unpaired) electrons. The van der Waals surface area contributed by atoms with Gasteiger partial charge >= 0.3 is 12.1 Å². The van der Waals surface area contributed by atoms with E-state index in [9.17, 15) is 9.59 Å². The summed E-state index contributed by atoms with van der Waals surface area (Å²) in [6.45, 7) is 5.70. The molecule has 0 aliphatic carbocycles. The van der Waals surface area contributed by atoms with Crippen molar-refractivity contribution in [2.75, 3.05) is 13.2 Å². The molecular weight excluding hydrogens is 280 g/mol. The highest BCUT2D eigenvalue weighted by molar-refractivity contribution is 5.66. The molecule has 118 valence electrons. The second kappa shape index (κ2) is 4.84. The predicted molar refractivity (Wildman–Crippen MR) is 68.6 cm³/mol. The van der Waals surface area contributed by atoms with Crippen molar-refractivity contribution in [2.24, 2.45) is 0 Å². The van der Waals surface area contributed by atoms with Gasteiger partial charge in [-0.05, 0) is 13.8 Å². The van der Waals surface area contributed by atoms with Crippen LogP contribution in [0.3, 0.4) is 0 Å². The molecular formula is C14H20O7. The second-order valence-corrected chi connectivity index (χ2v) is 6.47. The highest BCUT2D eigenvalue weighted by Gasteiger charge is 2.55. The molecule has 0 aromatic rings. The maximum absolute atomic E-state index is 11.2. The number of carbonyl (C=O) groups excluding carboxylic acids is 2. The standard InChI is InChI=1S/C14H20O7/c1-8(15)19-11-4-9(20-13(11,2)3)10-5-14(6-17-10)7-18-12(16)21-14/h9-11H,4-7H2,1-3H3/t9-,10+,11-,14-/m1/s1. The summed E-state index contributed by atoms with van der Waals surface area (Å²) in [7, 11) is 0. The molecule has 0 aromatic heterocycles. The lowest BCUT2D eigenvalue weighted by atomic mass is 9.95. The Labute approximate surface area is 122 Å². The van der Waals surface area contributed by atoms with E-state index >= 15 is 0 Å². The van der Waals surface area contributed by atoms with E-state index in [-0.39, 0.29) is 30.9 Å². The summed E-state index contributed by atoms with van der Waals surface area (Å²) < 4.78 is 27.1. The number of carbonyl (C=O) groups is 2. The minimum atomic E-state index is -0.686. The molecule has 1 spiro atoms. The predicted octanol–water partition coefficient (Wildman–Crippen LogP) is 1.18. The highest BCUT2D eigenvalue weighted by Crippen LogP contribution is 2.41. The van der Waals surface area contributed by atoms with E-state index in [2.05, 4.69) is 0 Å². The Kier molecular flexibility index (Phi) is 3.37. The molecule has 3 saturated heterocycles. The van der Waals surface area contributed by atoms with Crippen LogP contribution in [0.2, 0.25) is 0 Å². The van der Waals surface area contributed by atoms with Crippen LogP contribution in [0.15, 0.2) is 0 Å². The van der Waals surface area contributed by atoms with Crippen molar-refractivity contribution in [1.82, 2.24) is 0 Å². The number of cyclic esters (lactones) is 1. The van der Waals surface area contributed by atoms with Gasteiger partial charge in [0.25, 0.3) is 0 Å². The Balaban J connectivity index is 1.64. The van der Waals surface area contributed by atoms with E-state index in [0.29, 0.717) is 19.4 Å². The van der Waals surface area contributed by atoms with Crippen molar-refractivity contribution in [3.63, 3.8) is 0 Å². The number of hydrogen-bond acceptors (Lipinski definition) is 7. The maximum Gasteiger partial charge on any atom is 0.509 e. The third-order valence-corrected chi connectivity index (χ3v) is 4.29. The molecule has 3 aliphatic heterocycles. The number of esters is 1. The van der Waals surface area contributed by atoms with Gasteiger partial charge < -0.3 is 23.7 Å². The molecule has 0 saturated carbocycles. The van der Waals surface area contributed by atoms with Gasteiger partial charge in [0.05, 0.1) is 18.8 Å². The van der Waals surface area contributed by atoms with Gasteiger partial charge in [-0.25, -0.2) is 4.79 Å². The normalized spacial score (nSPS) is 41.1. The molecule has 3 fully saturated rings. The lowest BCUT2D eigenvalue weighted by Crippen LogP contribution is -2.36. The Morgan fingerprint density at radius 2 is 2.05 bits per heavy atom. The Hall–Kier alpha value is -1.34. The summed E-state index contributed by atoms with van der Waals surface area (Å²) in [5.41, 5.74) is -1.24. The third-order valence-electron chi connectivity index (χ3n) is 4.29.